The fourth-order valence-electron chi connectivity index (χ4n) is 5.23. The van der Waals surface area contributed by atoms with Crippen LogP contribution >= 0.6 is 0 Å². The number of nitrogens with zero attached hydrogens (tertiary/aromatic N) is 2. The van der Waals surface area contributed by atoms with Crippen molar-refractivity contribution < 1.29 is 32.2 Å². The largest absolute Gasteiger partial charge is 0.497 e. The maximum absolute atomic E-state index is 15.2. The van der Waals surface area contributed by atoms with E-state index in [2.05, 4.69) is 10.1 Å². The number of halogens is 3. The van der Waals surface area contributed by atoms with Gasteiger partial charge < -0.3 is 24.3 Å². The van der Waals surface area contributed by atoms with E-state index in [4.69, 9.17) is 4.74 Å². The summed E-state index contributed by atoms with van der Waals surface area (Å²) >= 11 is 0. The van der Waals surface area contributed by atoms with Crippen LogP contribution < -0.4 is 25.2 Å². The molecule has 1 aliphatic heterocycles. The molecule has 2 aliphatic rings. The first kappa shape index (κ1) is 27.3. The van der Waals surface area contributed by atoms with E-state index >= 15 is 4.39 Å². The number of aromatic nitrogens is 1. The standard InChI is InChI=1S/C29H28F3N3O5/c1-16-12-13-34(18-4-3-5-18)28(38)25(16)35-15-22(21-11-10-20(39-2)14-23(21)30)24(27(35)37)33-26(36)17-6-8-19(9-7-17)40-29(31)32/h6-14,18,22,24,29H,3-5,15H2,1-2H3,(H,33,36)/t22-,24-/m0/s1. The summed E-state index contributed by atoms with van der Waals surface area (Å²) in [5, 5.41) is 2.68. The summed E-state index contributed by atoms with van der Waals surface area (Å²) in [5.74, 6) is -2.52. The third-order valence-electron chi connectivity index (χ3n) is 7.58. The smallest absolute Gasteiger partial charge is 0.387 e. The fraction of sp³-hybridized carbons (Fsp3) is 0.345. The van der Waals surface area contributed by atoms with E-state index in [-0.39, 0.29) is 46.5 Å². The molecule has 2 heterocycles. The summed E-state index contributed by atoms with van der Waals surface area (Å²) in [5.41, 5.74) is 0.738. The highest BCUT2D eigenvalue weighted by Crippen LogP contribution is 2.36. The van der Waals surface area contributed by atoms with Gasteiger partial charge in [-0.05, 0) is 73.7 Å². The zero-order valence-electron chi connectivity index (χ0n) is 21.9. The summed E-state index contributed by atoms with van der Waals surface area (Å²) < 4.78 is 51.3. The van der Waals surface area contributed by atoms with E-state index in [0.717, 1.165) is 19.3 Å². The number of rotatable bonds is 8. The predicted molar refractivity (Wildman–Crippen MR) is 141 cm³/mol. The molecule has 0 bridgehead atoms. The summed E-state index contributed by atoms with van der Waals surface area (Å²) in [4.78, 5) is 41.9. The number of hydrogen-bond donors (Lipinski definition) is 1. The van der Waals surface area contributed by atoms with Crippen LogP contribution in [-0.4, -0.2) is 42.7 Å². The first-order chi connectivity index (χ1) is 19.2. The molecule has 2 fully saturated rings. The summed E-state index contributed by atoms with van der Waals surface area (Å²) in [7, 11) is 1.40. The number of hydrogen-bond acceptors (Lipinski definition) is 5. The number of methoxy groups -OCH3 is 1. The van der Waals surface area contributed by atoms with Crippen LogP contribution in [0.4, 0.5) is 18.9 Å². The third-order valence-corrected chi connectivity index (χ3v) is 7.58. The fourth-order valence-corrected chi connectivity index (χ4v) is 5.23. The minimum atomic E-state index is -3.02. The Morgan fingerprint density at radius 1 is 1.05 bits per heavy atom. The van der Waals surface area contributed by atoms with Gasteiger partial charge in [-0.1, -0.05) is 6.07 Å². The summed E-state index contributed by atoms with van der Waals surface area (Å²) in [6, 6.07) is 9.87. The van der Waals surface area contributed by atoms with Crippen LogP contribution in [0, 0.1) is 12.7 Å². The van der Waals surface area contributed by atoms with Gasteiger partial charge >= 0.3 is 6.61 Å². The van der Waals surface area contributed by atoms with E-state index in [1.54, 1.807) is 29.8 Å². The molecule has 0 spiro atoms. The van der Waals surface area contributed by atoms with Gasteiger partial charge in [-0.2, -0.15) is 8.78 Å². The van der Waals surface area contributed by atoms with Gasteiger partial charge in [0.2, 0.25) is 5.91 Å². The number of amides is 2. The predicted octanol–water partition coefficient (Wildman–Crippen LogP) is 4.56. The lowest BCUT2D eigenvalue weighted by molar-refractivity contribution is -0.118. The number of anilines is 1. The van der Waals surface area contributed by atoms with E-state index in [1.165, 1.54) is 48.4 Å². The molecule has 5 rings (SSSR count). The summed E-state index contributed by atoms with van der Waals surface area (Å²) in [6.45, 7) is -1.33. The Morgan fingerprint density at radius 2 is 1.75 bits per heavy atom. The van der Waals surface area contributed by atoms with E-state index in [1.807, 2.05) is 0 Å². The van der Waals surface area contributed by atoms with Crippen molar-refractivity contribution in [3.05, 3.63) is 87.6 Å². The van der Waals surface area contributed by atoms with Gasteiger partial charge in [0.15, 0.2) is 0 Å². The van der Waals surface area contributed by atoms with Crippen LogP contribution in [0.25, 0.3) is 0 Å². The molecule has 2 aromatic carbocycles. The van der Waals surface area contributed by atoms with Gasteiger partial charge in [0, 0.05) is 36.3 Å². The van der Waals surface area contributed by atoms with Crippen molar-refractivity contribution in [1.29, 1.82) is 0 Å². The maximum Gasteiger partial charge on any atom is 0.387 e. The number of aryl methyl sites for hydroxylation is 1. The molecule has 0 unspecified atom stereocenters. The molecule has 8 nitrogen and oxygen atoms in total. The average Bonchev–Trinajstić information content (AvgIpc) is 3.19. The second kappa shape index (κ2) is 11.1. The van der Waals surface area contributed by atoms with E-state index in [9.17, 15) is 23.2 Å². The third kappa shape index (κ3) is 5.15. The Hall–Kier alpha value is -4.28. The number of carbonyl (C=O) groups is 2. The van der Waals surface area contributed by atoms with Crippen LogP contribution in [-0.2, 0) is 4.79 Å². The Kier molecular flexibility index (Phi) is 7.55. The number of pyridine rings is 1. The van der Waals surface area contributed by atoms with Crippen LogP contribution in [0.15, 0.2) is 59.5 Å². The molecule has 3 aromatic rings. The van der Waals surface area contributed by atoms with Crippen LogP contribution in [0.3, 0.4) is 0 Å². The number of benzene rings is 2. The van der Waals surface area contributed by atoms with Gasteiger partial charge in [-0.3, -0.25) is 14.4 Å². The molecule has 11 heteroatoms. The monoisotopic (exact) mass is 555 g/mol. The van der Waals surface area contributed by atoms with Crippen molar-refractivity contribution in [3.8, 4) is 11.5 Å². The van der Waals surface area contributed by atoms with Crippen LogP contribution in [0.1, 0.15) is 52.7 Å². The quantitative estimate of drug-likeness (QED) is 0.440. The SMILES string of the molecule is COc1ccc([C@@H]2CN(c3c(C)ccn(C4CCC4)c3=O)C(=O)[C@H]2NC(=O)c2ccc(OC(F)F)cc2)c(F)c1. The molecule has 2 amide bonds. The van der Waals surface area contributed by atoms with Crippen molar-refractivity contribution in [2.75, 3.05) is 18.6 Å². The summed E-state index contributed by atoms with van der Waals surface area (Å²) in [6.07, 6.45) is 4.49. The molecule has 40 heavy (non-hydrogen) atoms. The highest BCUT2D eigenvalue weighted by molar-refractivity contribution is 6.05. The zero-order valence-corrected chi connectivity index (χ0v) is 21.9. The Bertz CT molecular complexity index is 1490. The second-order valence-corrected chi connectivity index (χ2v) is 9.94. The van der Waals surface area contributed by atoms with Crippen molar-refractivity contribution in [3.63, 3.8) is 0 Å². The Morgan fingerprint density at radius 3 is 2.35 bits per heavy atom. The van der Waals surface area contributed by atoms with E-state index in [0.29, 0.717) is 5.56 Å². The molecule has 210 valence electrons. The van der Waals surface area contributed by atoms with E-state index < -0.39 is 36.2 Å². The van der Waals surface area contributed by atoms with Gasteiger partial charge in [-0.15, -0.1) is 0 Å². The topological polar surface area (TPSA) is 89.9 Å². The number of carbonyl (C=O) groups excluding carboxylic acids is 2. The first-order valence-corrected chi connectivity index (χ1v) is 12.9. The Balaban J connectivity index is 1.50. The first-order valence-electron chi connectivity index (χ1n) is 12.9. The second-order valence-electron chi connectivity index (χ2n) is 9.94. The number of nitrogens with one attached hydrogen (secondary N) is 1. The van der Waals surface area contributed by atoms with Gasteiger partial charge in [0.25, 0.3) is 11.5 Å². The molecule has 1 saturated heterocycles. The highest BCUT2D eigenvalue weighted by Gasteiger charge is 2.45. The molecule has 2 atom stereocenters. The zero-order chi connectivity index (χ0) is 28.6. The van der Waals surface area contributed by atoms with Gasteiger partial charge in [0.05, 0.1) is 7.11 Å². The maximum atomic E-state index is 15.2. The minimum Gasteiger partial charge on any atom is -0.497 e. The van der Waals surface area contributed by atoms with Crippen molar-refractivity contribution in [2.45, 2.75) is 50.8 Å². The average molecular weight is 556 g/mol. The molecule has 1 saturated carbocycles. The normalized spacial score (nSPS) is 19.1. The van der Waals surface area contributed by atoms with Crippen LogP contribution in [0.2, 0.25) is 0 Å². The molecule has 1 N–H and O–H groups in total. The lowest BCUT2D eigenvalue weighted by Gasteiger charge is -2.29. The molecular formula is C29H28F3N3O5. The molecular weight excluding hydrogens is 527 g/mol. The lowest BCUT2D eigenvalue weighted by Crippen LogP contribution is -2.45. The number of alkyl halides is 2. The van der Waals surface area contributed by atoms with Gasteiger partial charge in [0.1, 0.15) is 29.0 Å². The van der Waals surface area contributed by atoms with Gasteiger partial charge in [-0.25, -0.2) is 4.39 Å². The van der Waals surface area contributed by atoms with Crippen molar-refractivity contribution >= 4 is 17.5 Å². The number of ether oxygens (including phenoxy) is 2. The molecule has 1 aromatic heterocycles. The van der Waals surface area contributed by atoms with Crippen molar-refractivity contribution in [2.24, 2.45) is 0 Å². The Labute approximate surface area is 228 Å². The lowest BCUT2D eigenvalue weighted by atomic mass is 9.92. The van der Waals surface area contributed by atoms with Crippen molar-refractivity contribution in [1.82, 2.24) is 9.88 Å². The highest BCUT2D eigenvalue weighted by atomic mass is 19.3. The minimum absolute atomic E-state index is 0.0427. The molecule has 0 radical (unpaired) electrons. The van der Waals surface area contributed by atoms with Crippen LogP contribution in [0.5, 0.6) is 11.5 Å². The molecule has 1 aliphatic carbocycles.